The molecule has 0 unspecified atom stereocenters. The van der Waals surface area contributed by atoms with Crippen molar-refractivity contribution >= 4 is 17.3 Å². The van der Waals surface area contributed by atoms with Crippen molar-refractivity contribution in [2.24, 2.45) is 4.99 Å². The van der Waals surface area contributed by atoms with Crippen LogP contribution in [0.15, 0.2) is 47.5 Å². The van der Waals surface area contributed by atoms with Crippen LogP contribution in [0.4, 0.5) is 11.4 Å². The topological polar surface area (TPSA) is 98.0 Å². The standard InChI is InChI=1S/C18H22N4O4/c1-4-26-16-10-9-14(11-17(16)25-3)21-18(19-2)20-12-13-7-5-6-8-15(13)22(23)24/h5-11H,4,12H2,1-3H3,(H2,19,20,21). The molecule has 2 aromatic rings. The van der Waals surface area contributed by atoms with E-state index >= 15 is 0 Å². The molecule has 2 rings (SSSR count). The summed E-state index contributed by atoms with van der Waals surface area (Å²) in [5, 5.41) is 17.3. The Hall–Kier alpha value is -3.29. The first kappa shape index (κ1) is 19.0. The summed E-state index contributed by atoms with van der Waals surface area (Å²) < 4.78 is 10.8. The van der Waals surface area contributed by atoms with Gasteiger partial charge in [-0.05, 0) is 19.1 Å². The van der Waals surface area contributed by atoms with Crippen LogP contribution in [0.25, 0.3) is 0 Å². The van der Waals surface area contributed by atoms with Gasteiger partial charge in [0.05, 0.1) is 18.6 Å². The van der Waals surface area contributed by atoms with Gasteiger partial charge in [-0.3, -0.25) is 15.1 Å². The normalized spacial score (nSPS) is 11.0. The number of guanidine groups is 1. The highest BCUT2D eigenvalue weighted by atomic mass is 16.6. The minimum atomic E-state index is -0.398. The highest BCUT2D eigenvalue weighted by Crippen LogP contribution is 2.30. The molecular formula is C18H22N4O4. The minimum Gasteiger partial charge on any atom is -0.493 e. The lowest BCUT2D eigenvalue weighted by atomic mass is 10.2. The second kappa shape index (κ2) is 9.26. The van der Waals surface area contributed by atoms with Crippen molar-refractivity contribution in [3.05, 3.63) is 58.1 Å². The second-order valence-corrected chi connectivity index (χ2v) is 5.24. The van der Waals surface area contributed by atoms with Crippen LogP contribution in [0, 0.1) is 10.1 Å². The molecule has 138 valence electrons. The van der Waals surface area contributed by atoms with E-state index < -0.39 is 4.92 Å². The molecule has 2 aromatic carbocycles. The number of anilines is 1. The van der Waals surface area contributed by atoms with E-state index in [0.29, 0.717) is 29.6 Å². The number of nitrogens with zero attached hydrogens (tertiary/aromatic N) is 2. The van der Waals surface area contributed by atoms with Crippen LogP contribution in [-0.4, -0.2) is 31.6 Å². The van der Waals surface area contributed by atoms with E-state index in [1.165, 1.54) is 6.07 Å². The molecule has 0 aliphatic heterocycles. The average molecular weight is 358 g/mol. The third-order valence-corrected chi connectivity index (χ3v) is 3.58. The Morgan fingerprint density at radius 1 is 1.23 bits per heavy atom. The summed E-state index contributed by atoms with van der Waals surface area (Å²) >= 11 is 0. The van der Waals surface area contributed by atoms with Crippen molar-refractivity contribution in [3.8, 4) is 11.5 Å². The molecule has 0 saturated carbocycles. The number of aliphatic imine (C=N–C) groups is 1. The summed E-state index contributed by atoms with van der Waals surface area (Å²) in [4.78, 5) is 14.8. The lowest BCUT2D eigenvalue weighted by molar-refractivity contribution is -0.385. The van der Waals surface area contributed by atoms with Crippen molar-refractivity contribution in [1.82, 2.24) is 5.32 Å². The van der Waals surface area contributed by atoms with Gasteiger partial charge in [-0.1, -0.05) is 18.2 Å². The maximum atomic E-state index is 11.1. The van der Waals surface area contributed by atoms with Crippen LogP contribution < -0.4 is 20.1 Å². The summed E-state index contributed by atoms with van der Waals surface area (Å²) in [7, 11) is 3.20. The van der Waals surface area contributed by atoms with Crippen molar-refractivity contribution in [2.45, 2.75) is 13.5 Å². The highest BCUT2D eigenvalue weighted by Gasteiger charge is 2.13. The first-order chi connectivity index (χ1) is 12.6. The molecule has 0 radical (unpaired) electrons. The Balaban J connectivity index is 2.08. The fourth-order valence-electron chi connectivity index (χ4n) is 2.35. The van der Waals surface area contributed by atoms with Crippen molar-refractivity contribution in [1.29, 1.82) is 0 Å². The van der Waals surface area contributed by atoms with Gasteiger partial charge in [-0.25, -0.2) is 0 Å². The maximum absolute atomic E-state index is 11.1. The van der Waals surface area contributed by atoms with Gasteiger partial charge in [0.25, 0.3) is 5.69 Å². The van der Waals surface area contributed by atoms with E-state index in [-0.39, 0.29) is 12.2 Å². The first-order valence-electron chi connectivity index (χ1n) is 8.09. The van der Waals surface area contributed by atoms with Gasteiger partial charge in [-0.15, -0.1) is 0 Å². The van der Waals surface area contributed by atoms with E-state index in [1.807, 2.05) is 13.0 Å². The van der Waals surface area contributed by atoms with Crippen molar-refractivity contribution < 1.29 is 14.4 Å². The van der Waals surface area contributed by atoms with Gasteiger partial charge in [0.2, 0.25) is 0 Å². The molecule has 0 amide bonds. The van der Waals surface area contributed by atoms with Crippen LogP contribution in [0.1, 0.15) is 12.5 Å². The molecule has 0 saturated heterocycles. The summed E-state index contributed by atoms with van der Waals surface area (Å²) in [6.45, 7) is 2.72. The summed E-state index contributed by atoms with van der Waals surface area (Å²) in [5.74, 6) is 1.74. The lowest BCUT2D eigenvalue weighted by Crippen LogP contribution is -2.30. The van der Waals surface area contributed by atoms with Gasteiger partial charge in [0, 0.05) is 37.0 Å². The van der Waals surface area contributed by atoms with Crippen LogP contribution in [0.2, 0.25) is 0 Å². The van der Waals surface area contributed by atoms with Gasteiger partial charge < -0.3 is 20.1 Å². The first-order valence-corrected chi connectivity index (χ1v) is 8.09. The van der Waals surface area contributed by atoms with Gasteiger partial charge in [-0.2, -0.15) is 0 Å². The van der Waals surface area contributed by atoms with Crippen LogP contribution in [0.5, 0.6) is 11.5 Å². The molecule has 8 nitrogen and oxygen atoms in total. The van der Waals surface area contributed by atoms with E-state index in [2.05, 4.69) is 15.6 Å². The van der Waals surface area contributed by atoms with E-state index in [4.69, 9.17) is 9.47 Å². The summed E-state index contributed by atoms with van der Waals surface area (Å²) in [5.41, 5.74) is 1.39. The Morgan fingerprint density at radius 3 is 2.65 bits per heavy atom. The highest BCUT2D eigenvalue weighted by molar-refractivity contribution is 5.93. The fourth-order valence-corrected chi connectivity index (χ4v) is 2.35. The Morgan fingerprint density at radius 2 is 2.00 bits per heavy atom. The SMILES string of the molecule is CCOc1ccc(NC(=NC)NCc2ccccc2[N+](=O)[O-])cc1OC. The summed E-state index contributed by atoms with van der Waals surface area (Å²) in [6, 6.07) is 12.0. The molecule has 0 aliphatic rings. The molecule has 8 heteroatoms. The van der Waals surface area contributed by atoms with E-state index in [0.717, 1.165) is 5.69 Å². The number of nitrogens with one attached hydrogen (secondary N) is 2. The number of hydrogen-bond acceptors (Lipinski definition) is 5. The average Bonchev–Trinajstić information content (AvgIpc) is 2.66. The maximum Gasteiger partial charge on any atom is 0.274 e. The molecule has 0 bridgehead atoms. The molecular weight excluding hydrogens is 336 g/mol. The van der Waals surface area contributed by atoms with Crippen molar-refractivity contribution in [2.75, 3.05) is 26.1 Å². The van der Waals surface area contributed by atoms with E-state index in [9.17, 15) is 10.1 Å². The number of rotatable bonds is 7. The largest absolute Gasteiger partial charge is 0.493 e. The summed E-state index contributed by atoms with van der Waals surface area (Å²) in [6.07, 6.45) is 0. The zero-order valence-electron chi connectivity index (χ0n) is 15.0. The van der Waals surface area contributed by atoms with Gasteiger partial charge in [0.1, 0.15) is 0 Å². The zero-order valence-corrected chi connectivity index (χ0v) is 15.0. The van der Waals surface area contributed by atoms with Crippen LogP contribution in [-0.2, 0) is 6.54 Å². The third-order valence-electron chi connectivity index (χ3n) is 3.58. The minimum absolute atomic E-state index is 0.0678. The monoisotopic (exact) mass is 358 g/mol. The van der Waals surface area contributed by atoms with Crippen LogP contribution in [0.3, 0.4) is 0 Å². The molecule has 26 heavy (non-hydrogen) atoms. The number of benzene rings is 2. The van der Waals surface area contributed by atoms with Gasteiger partial charge in [0.15, 0.2) is 17.5 Å². The smallest absolute Gasteiger partial charge is 0.274 e. The number of ether oxygens (including phenoxy) is 2. The number of methoxy groups -OCH3 is 1. The number of hydrogen-bond donors (Lipinski definition) is 2. The Kier molecular flexibility index (Phi) is 6.78. The quantitative estimate of drug-likeness (QED) is 0.341. The Labute approximate surface area is 152 Å². The fraction of sp³-hybridized carbons (Fsp3) is 0.278. The molecule has 0 fully saturated rings. The number of nitro groups is 1. The third kappa shape index (κ3) is 4.85. The van der Waals surface area contributed by atoms with Crippen molar-refractivity contribution in [3.63, 3.8) is 0 Å². The lowest BCUT2D eigenvalue weighted by Gasteiger charge is -2.14. The molecule has 2 N–H and O–H groups in total. The molecule has 0 aromatic heterocycles. The van der Waals surface area contributed by atoms with Gasteiger partial charge >= 0.3 is 0 Å². The number of nitro benzene ring substituents is 1. The molecule has 0 aliphatic carbocycles. The predicted octanol–water partition coefficient (Wildman–Crippen LogP) is 3.19. The zero-order chi connectivity index (χ0) is 18.9. The predicted molar refractivity (Wildman–Crippen MR) is 101 cm³/mol. The molecule has 0 atom stereocenters. The number of para-hydroxylation sites is 1. The second-order valence-electron chi connectivity index (χ2n) is 5.24. The molecule has 0 heterocycles. The molecule has 0 spiro atoms. The van der Waals surface area contributed by atoms with Crippen LogP contribution >= 0.6 is 0 Å². The Bertz CT molecular complexity index is 793. The van der Waals surface area contributed by atoms with E-state index in [1.54, 1.807) is 44.5 Å².